The van der Waals surface area contributed by atoms with Crippen LogP contribution in [0.1, 0.15) is 92.4 Å². The summed E-state index contributed by atoms with van der Waals surface area (Å²) in [6, 6.07) is 0. The second kappa shape index (κ2) is 8.56. The first-order valence-electron chi connectivity index (χ1n) is 13.2. The smallest absolute Gasteiger partial charge is 0.0602 e. The van der Waals surface area contributed by atoms with Crippen LogP contribution < -0.4 is 0 Å². The summed E-state index contributed by atoms with van der Waals surface area (Å²) < 4.78 is 0. The molecular weight excluding hydrogens is 388 g/mol. The Bertz CT molecular complexity index is 637. The largest absolute Gasteiger partial charge is 0.393 e. The van der Waals surface area contributed by atoms with Crippen molar-refractivity contribution >= 4 is 0 Å². The highest BCUT2D eigenvalue weighted by molar-refractivity contribution is 5.14. The van der Waals surface area contributed by atoms with Crippen LogP contribution in [0.2, 0.25) is 0 Å². The van der Waals surface area contributed by atoms with Gasteiger partial charge in [-0.25, -0.2) is 0 Å². The molecule has 4 N–H and O–H groups in total. The maximum atomic E-state index is 11.6. The van der Waals surface area contributed by atoms with Gasteiger partial charge in [-0.3, -0.25) is 0 Å². The van der Waals surface area contributed by atoms with E-state index in [4.69, 9.17) is 0 Å². The van der Waals surface area contributed by atoms with E-state index in [1.165, 1.54) is 0 Å². The first-order chi connectivity index (χ1) is 14.5. The zero-order chi connectivity index (χ0) is 22.7. The van der Waals surface area contributed by atoms with Crippen molar-refractivity contribution in [2.45, 2.75) is 117 Å². The Balaban J connectivity index is 1.58. The predicted molar refractivity (Wildman–Crippen MR) is 123 cm³/mol. The average Bonchev–Trinajstić information content (AvgIpc) is 3.06. The molecule has 4 nitrogen and oxygen atoms in total. The Hall–Kier alpha value is -0.160. The van der Waals surface area contributed by atoms with Crippen molar-refractivity contribution in [3.63, 3.8) is 0 Å². The fraction of sp³-hybridized carbons (Fsp3) is 1.00. The zero-order valence-corrected chi connectivity index (χ0v) is 20.5. The SMILES string of the molecule is CC(C)CC[C@@H](O)[C@@H](C)[C@H]1CC[C@H]2[C@@H]3[C@H](O)C[C@@H]4C[C@H](O)CC[C@]4(C)[C@H]3C[C@H](O)[C@]12C. The fourth-order valence-electron chi connectivity index (χ4n) is 9.10. The van der Waals surface area contributed by atoms with Crippen LogP contribution in [0.3, 0.4) is 0 Å². The molecule has 4 saturated carbocycles. The number of rotatable bonds is 5. The molecule has 12 atom stereocenters. The summed E-state index contributed by atoms with van der Waals surface area (Å²) in [5.41, 5.74) is -0.107. The third-order valence-electron chi connectivity index (χ3n) is 11.1. The third kappa shape index (κ3) is 3.82. The van der Waals surface area contributed by atoms with Crippen LogP contribution in [-0.4, -0.2) is 44.8 Å². The van der Waals surface area contributed by atoms with Crippen LogP contribution in [-0.2, 0) is 0 Å². The van der Waals surface area contributed by atoms with Gasteiger partial charge >= 0.3 is 0 Å². The summed E-state index contributed by atoms with van der Waals surface area (Å²) in [7, 11) is 0. The molecule has 0 bridgehead atoms. The number of fused-ring (bicyclic) bond motifs is 5. The predicted octanol–water partition coefficient (Wildman–Crippen LogP) is 4.38. The molecule has 4 rings (SSSR count). The monoisotopic (exact) mass is 436 g/mol. The number of hydrogen-bond donors (Lipinski definition) is 4. The lowest BCUT2D eigenvalue weighted by Gasteiger charge is -2.63. The molecule has 4 aliphatic carbocycles. The summed E-state index contributed by atoms with van der Waals surface area (Å²) in [6.07, 6.45) is 6.96. The molecule has 0 saturated heterocycles. The van der Waals surface area contributed by atoms with E-state index in [1.54, 1.807) is 0 Å². The number of hydrogen-bond acceptors (Lipinski definition) is 4. The van der Waals surface area contributed by atoms with Gasteiger partial charge in [0, 0.05) is 0 Å². The fourth-order valence-corrected chi connectivity index (χ4v) is 9.10. The van der Waals surface area contributed by atoms with Crippen LogP contribution in [0.15, 0.2) is 0 Å². The van der Waals surface area contributed by atoms with Gasteiger partial charge in [0.25, 0.3) is 0 Å². The first-order valence-corrected chi connectivity index (χ1v) is 13.2. The normalized spacial score (nSPS) is 51.7. The topological polar surface area (TPSA) is 80.9 Å². The second-order valence-corrected chi connectivity index (χ2v) is 12.9. The molecule has 4 heteroatoms. The standard InChI is InChI=1S/C27H48O4/c1-15(2)6-9-22(29)16(3)19-7-8-20-25-21(14-24(31)27(19,20)5)26(4)11-10-18(28)12-17(26)13-23(25)30/h15-25,28-31H,6-14H2,1-5H3/t16-,17-,18+,19+,20-,21-,22+,23+,24-,25-,26-,27+/m0/s1. The highest BCUT2D eigenvalue weighted by Crippen LogP contribution is 2.68. The lowest BCUT2D eigenvalue weighted by molar-refractivity contribution is -0.208. The third-order valence-corrected chi connectivity index (χ3v) is 11.1. The van der Waals surface area contributed by atoms with Crippen molar-refractivity contribution in [1.29, 1.82) is 0 Å². The van der Waals surface area contributed by atoms with Gasteiger partial charge in [-0.2, -0.15) is 0 Å². The van der Waals surface area contributed by atoms with Crippen LogP contribution in [0.4, 0.5) is 0 Å². The van der Waals surface area contributed by atoms with E-state index >= 15 is 0 Å². The molecule has 31 heavy (non-hydrogen) atoms. The quantitative estimate of drug-likeness (QED) is 0.515. The number of aliphatic hydroxyl groups is 4. The Morgan fingerprint density at radius 3 is 2.26 bits per heavy atom. The molecule has 0 aromatic carbocycles. The summed E-state index contributed by atoms with van der Waals surface area (Å²) in [5.74, 6) is 2.34. The molecule has 180 valence electrons. The van der Waals surface area contributed by atoms with Gasteiger partial charge in [-0.05, 0) is 110 Å². The van der Waals surface area contributed by atoms with Gasteiger partial charge in [0.1, 0.15) is 0 Å². The van der Waals surface area contributed by atoms with E-state index in [-0.39, 0.29) is 47.1 Å². The van der Waals surface area contributed by atoms with E-state index in [0.717, 1.165) is 57.8 Å². The van der Waals surface area contributed by atoms with Crippen molar-refractivity contribution in [3.8, 4) is 0 Å². The molecule has 0 aliphatic heterocycles. The summed E-state index contributed by atoms with van der Waals surface area (Å²) in [4.78, 5) is 0. The lowest BCUT2D eigenvalue weighted by Crippen LogP contribution is -2.62. The maximum Gasteiger partial charge on any atom is 0.0602 e. The molecular formula is C27H48O4. The van der Waals surface area contributed by atoms with E-state index in [2.05, 4.69) is 34.6 Å². The second-order valence-electron chi connectivity index (χ2n) is 12.9. The highest BCUT2D eigenvalue weighted by Gasteiger charge is 2.66. The van der Waals surface area contributed by atoms with E-state index in [9.17, 15) is 20.4 Å². The molecule has 4 aliphatic rings. The Kier molecular flexibility index (Phi) is 6.62. The van der Waals surface area contributed by atoms with Gasteiger partial charge in [-0.1, -0.05) is 34.6 Å². The Labute approximate surface area is 189 Å². The summed E-state index contributed by atoms with van der Waals surface area (Å²) in [5, 5.41) is 44.2. The minimum absolute atomic E-state index is 0.117. The van der Waals surface area contributed by atoms with Gasteiger partial charge in [0.15, 0.2) is 0 Å². The summed E-state index contributed by atoms with van der Waals surface area (Å²) >= 11 is 0. The molecule has 0 aromatic rings. The number of aliphatic hydroxyl groups excluding tert-OH is 4. The molecule has 0 unspecified atom stereocenters. The minimum Gasteiger partial charge on any atom is -0.393 e. The molecule has 0 aromatic heterocycles. The molecule has 0 spiro atoms. The molecule has 0 amide bonds. The van der Waals surface area contributed by atoms with Crippen molar-refractivity contribution in [2.75, 3.05) is 0 Å². The Morgan fingerprint density at radius 1 is 0.871 bits per heavy atom. The zero-order valence-electron chi connectivity index (χ0n) is 20.5. The van der Waals surface area contributed by atoms with Gasteiger partial charge in [0.2, 0.25) is 0 Å². The van der Waals surface area contributed by atoms with Crippen LogP contribution in [0.5, 0.6) is 0 Å². The maximum absolute atomic E-state index is 11.6. The average molecular weight is 437 g/mol. The van der Waals surface area contributed by atoms with Crippen molar-refractivity contribution in [2.24, 2.45) is 52.3 Å². The Morgan fingerprint density at radius 2 is 1.58 bits per heavy atom. The van der Waals surface area contributed by atoms with E-state index in [0.29, 0.717) is 29.6 Å². The van der Waals surface area contributed by atoms with Crippen molar-refractivity contribution < 1.29 is 20.4 Å². The van der Waals surface area contributed by atoms with Gasteiger partial charge in [0.05, 0.1) is 24.4 Å². The van der Waals surface area contributed by atoms with Crippen LogP contribution in [0.25, 0.3) is 0 Å². The molecule has 4 fully saturated rings. The van der Waals surface area contributed by atoms with E-state index < -0.39 is 0 Å². The van der Waals surface area contributed by atoms with Gasteiger partial charge < -0.3 is 20.4 Å². The lowest BCUT2D eigenvalue weighted by atomic mass is 9.43. The summed E-state index contributed by atoms with van der Waals surface area (Å²) in [6.45, 7) is 11.3. The molecule has 0 heterocycles. The van der Waals surface area contributed by atoms with Crippen LogP contribution >= 0.6 is 0 Å². The van der Waals surface area contributed by atoms with E-state index in [1.807, 2.05) is 0 Å². The minimum atomic E-state index is -0.374. The first kappa shape index (κ1) is 24.0. The van der Waals surface area contributed by atoms with Crippen LogP contribution in [0, 0.1) is 52.3 Å². The molecule has 0 radical (unpaired) electrons. The van der Waals surface area contributed by atoms with Crippen molar-refractivity contribution in [1.82, 2.24) is 0 Å². The van der Waals surface area contributed by atoms with Crippen molar-refractivity contribution in [3.05, 3.63) is 0 Å². The highest BCUT2D eigenvalue weighted by atomic mass is 16.3. The van der Waals surface area contributed by atoms with Gasteiger partial charge in [-0.15, -0.1) is 0 Å².